The molecule has 2 N–H and O–H groups in total. The van der Waals surface area contributed by atoms with Crippen molar-refractivity contribution in [1.29, 1.82) is 0 Å². The summed E-state index contributed by atoms with van der Waals surface area (Å²) in [5.74, 6) is -0.498. The Hall–Kier alpha value is -1.68. The van der Waals surface area contributed by atoms with E-state index in [4.69, 9.17) is 11.6 Å². The van der Waals surface area contributed by atoms with Crippen molar-refractivity contribution < 1.29 is 9.90 Å². The van der Waals surface area contributed by atoms with Crippen molar-refractivity contribution in [3.05, 3.63) is 40.6 Å². The molecule has 0 heterocycles. The van der Waals surface area contributed by atoms with Crippen molar-refractivity contribution in [1.82, 2.24) is 5.43 Å². The second kappa shape index (κ2) is 6.66. The van der Waals surface area contributed by atoms with Crippen molar-refractivity contribution in [3.63, 3.8) is 0 Å². The van der Waals surface area contributed by atoms with Gasteiger partial charge in [-0.1, -0.05) is 31.0 Å². The van der Waals surface area contributed by atoms with Crippen LogP contribution in [0.5, 0.6) is 0 Å². The number of hydrogen-bond acceptors (Lipinski definition) is 4. The predicted octanol–water partition coefficient (Wildman–Crippen LogP) is 2.71. The van der Waals surface area contributed by atoms with Crippen molar-refractivity contribution in [3.8, 4) is 0 Å². The summed E-state index contributed by atoms with van der Waals surface area (Å²) in [4.78, 5) is 10.9. The number of carbonyl (C=O) groups is 1. The van der Waals surface area contributed by atoms with E-state index < -0.39 is 5.97 Å². The van der Waals surface area contributed by atoms with Crippen molar-refractivity contribution >= 4 is 23.3 Å². The summed E-state index contributed by atoms with van der Waals surface area (Å²) in [6.07, 6.45) is 6.68. The molecule has 0 aliphatic heterocycles. The van der Waals surface area contributed by atoms with E-state index in [9.17, 15) is 9.90 Å². The summed E-state index contributed by atoms with van der Waals surface area (Å²) in [6.45, 7) is 2.21. The quantitative estimate of drug-likeness (QED) is 0.819. The van der Waals surface area contributed by atoms with Gasteiger partial charge in [-0.15, -0.1) is 0 Å². The molecule has 4 nitrogen and oxygen atoms in total. The van der Waals surface area contributed by atoms with Crippen LogP contribution in [0.4, 0.5) is 5.69 Å². The number of allylic oxidation sites excluding steroid dienone is 2. The Labute approximate surface area is 123 Å². The highest BCUT2D eigenvalue weighted by molar-refractivity contribution is 6.33. The van der Waals surface area contributed by atoms with Crippen LogP contribution in [0.3, 0.4) is 0 Å². The molecule has 1 aromatic rings. The van der Waals surface area contributed by atoms with Crippen LogP contribution >= 0.6 is 11.6 Å². The van der Waals surface area contributed by atoms with E-state index in [-0.39, 0.29) is 10.6 Å². The van der Waals surface area contributed by atoms with Crippen LogP contribution in [0.25, 0.3) is 0 Å². The minimum Gasteiger partial charge on any atom is -0.545 e. The number of rotatable bonds is 5. The zero-order chi connectivity index (χ0) is 14.5. The van der Waals surface area contributed by atoms with E-state index in [2.05, 4.69) is 23.9 Å². The monoisotopic (exact) mass is 293 g/mol. The topological polar surface area (TPSA) is 64.2 Å². The molecular formula is C15H18ClN2O2-. The molecule has 20 heavy (non-hydrogen) atoms. The fourth-order valence-electron chi connectivity index (χ4n) is 2.28. The second-order valence-electron chi connectivity index (χ2n) is 5.01. The number of carboxylic acids is 1. The number of carbonyl (C=O) groups excluding carboxylic acids is 1. The van der Waals surface area contributed by atoms with Crippen molar-refractivity contribution in [2.45, 2.75) is 32.6 Å². The molecule has 0 amide bonds. The summed E-state index contributed by atoms with van der Waals surface area (Å²) in [5, 5.41) is 11.1. The summed E-state index contributed by atoms with van der Waals surface area (Å²) in [7, 11) is 0. The molecule has 2 rings (SSSR count). The number of carboxylic acid groups (broad SMARTS) is 1. The van der Waals surface area contributed by atoms with E-state index in [1.54, 1.807) is 12.1 Å². The van der Waals surface area contributed by atoms with Gasteiger partial charge in [0.1, 0.15) is 0 Å². The molecule has 0 spiro atoms. The lowest BCUT2D eigenvalue weighted by molar-refractivity contribution is -0.255. The van der Waals surface area contributed by atoms with Crippen LogP contribution in [-0.4, -0.2) is 5.97 Å². The average Bonchev–Trinajstić information content (AvgIpc) is 2.46. The molecular weight excluding hydrogens is 276 g/mol. The van der Waals surface area contributed by atoms with Crippen LogP contribution in [0.1, 0.15) is 43.0 Å². The van der Waals surface area contributed by atoms with Gasteiger partial charge in [-0.3, -0.25) is 0 Å². The largest absolute Gasteiger partial charge is 0.545 e. The summed E-state index contributed by atoms with van der Waals surface area (Å²) < 4.78 is 0. The highest BCUT2D eigenvalue weighted by Crippen LogP contribution is 2.25. The van der Waals surface area contributed by atoms with Gasteiger partial charge in [0, 0.05) is 16.3 Å². The highest BCUT2D eigenvalue weighted by Gasteiger charge is 2.12. The molecule has 0 saturated carbocycles. The van der Waals surface area contributed by atoms with E-state index in [1.165, 1.54) is 18.9 Å². The molecule has 5 heteroatoms. The molecule has 0 radical (unpaired) electrons. The maximum atomic E-state index is 10.9. The summed E-state index contributed by atoms with van der Waals surface area (Å²) >= 11 is 5.79. The Morgan fingerprint density at radius 1 is 1.45 bits per heavy atom. The third-order valence-corrected chi connectivity index (χ3v) is 3.98. The van der Waals surface area contributed by atoms with Crippen molar-refractivity contribution in [2.24, 2.45) is 5.92 Å². The molecule has 1 aromatic carbocycles. The lowest BCUT2D eigenvalue weighted by Gasteiger charge is -2.22. The van der Waals surface area contributed by atoms with Crippen molar-refractivity contribution in [2.75, 3.05) is 5.43 Å². The van der Waals surface area contributed by atoms with Gasteiger partial charge in [-0.05, 0) is 43.4 Å². The number of anilines is 1. The first-order chi connectivity index (χ1) is 9.60. The normalized spacial score (nSPS) is 18.3. The minimum absolute atomic E-state index is 0.0119. The molecule has 1 aliphatic carbocycles. The Morgan fingerprint density at radius 2 is 2.25 bits per heavy atom. The average molecular weight is 294 g/mol. The van der Waals surface area contributed by atoms with E-state index in [0.717, 1.165) is 24.5 Å². The number of hydrazine groups is 1. The summed E-state index contributed by atoms with van der Waals surface area (Å²) in [6, 6.07) is 4.72. The fourth-order valence-corrected chi connectivity index (χ4v) is 2.48. The third-order valence-electron chi connectivity index (χ3n) is 3.65. The van der Waals surface area contributed by atoms with Crippen LogP contribution in [0, 0.1) is 5.92 Å². The van der Waals surface area contributed by atoms with Gasteiger partial charge in [-0.25, -0.2) is 0 Å². The van der Waals surface area contributed by atoms with Gasteiger partial charge in [0.05, 0.1) is 11.7 Å². The Bertz CT molecular complexity index is 529. The smallest absolute Gasteiger partial charge is 0.0731 e. The summed E-state index contributed by atoms with van der Waals surface area (Å²) in [5.41, 5.74) is 7.90. The van der Waals surface area contributed by atoms with Crippen LogP contribution in [-0.2, 0) is 0 Å². The SMILES string of the molecule is CC[C@@H]1CC=C(NNc2ccc(Cl)c(C(=O)[O-])c2)CC1. The van der Waals surface area contributed by atoms with Gasteiger partial charge in [-0.2, -0.15) is 0 Å². The highest BCUT2D eigenvalue weighted by atomic mass is 35.5. The Balaban J connectivity index is 1.96. The fraction of sp³-hybridized carbons (Fsp3) is 0.400. The number of benzene rings is 1. The van der Waals surface area contributed by atoms with Gasteiger partial charge >= 0.3 is 0 Å². The van der Waals surface area contributed by atoms with Crippen LogP contribution in [0.2, 0.25) is 5.02 Å². The molecule has 108 valence electrons. The minimum atomic E-state index is -1.28. The second-order valence-corrected chi connectivity index (χ2v) is 5.42. The molecule has 0 fully saturated rings. The van der Waals surface area contributed by atoms with E-state index >= 15 is 0 Å². The Morgan fingerprint density at radius 3 is 2.85 bits per heavy atom. The molecule has 1 atom stereocenters. The van der Waals surface area contributed by atoms with Crippen LogP contribution < -0.4 is 16.0 Å². The Kier molecular flexibility index (Phi) is 4.90. The van der Waals surface area contributed by atoms with E-state index in [0.29, 0.717) is 5.69 Å². The zero-order valence-electron chi connectivity index (χ0n) is 11.4. The zero-order valence-corrected chi connectivity index (χ0v) is 12.2. The third kappa shape index (κ3) is 3.67. The van der Waals surface area contributed by atoms with E-state index in [1.807, 2.05) is 0 Å². The van der Waals surface area contributed by atoms with Gasteiger partial charge < -0.3 is 20.8 Å². The number of aromatic carboxylic acids is 1. The molecule has 0 unspecified atom stereocenters. The number of hydrogen-bond donors (Lipinski definition) is 2. The number of nitrogens with one attached hydrogen (secondary N) is 2. The molecule has 1 aliphatic rings. The lowest BCUT2D eigenvalue weighted by Crippen LogP contribution is -2.25. The first kappa shape index (κ1) is 14.7. The van der Waals surface area contributed by atoms with Gasteiger partial charge in [0.15, 0.2) is 0 Å². The lowest BCUT2D eigenvalue weighted by atomic mass is 9.91. The molecule has 0 saturated heterocycles. The molecule has 0 bridgehead atoms. The molecule has 0 aromatic heterocycles. The number of halogens is 1. The first-order valence-electron chi connectivity index (χ1n) is 6.82. The first-order valence-corrected chi connectivity index (χ1v) is 7.20. The van der Waals surface area contributed by atoms with Gasteiger partial charge in [0.2, 0.25) is 0 Å². The maximum absolute atomic E-state index is 10.9. The van der Waals surface area contributed by atoms with Crippen LogP contribution in [0.15, 0.2) is 30.0 Å². The predicted molar refractivity (Wildman–Crippen MR) is 78.3 cm³/mol. The maximum Gasteiger partial charge on any atom is 0.0731 e. The van der Waals surface area contributed by atoms with Gasteiger partial charge in [0.25, 0.3) is 0 Å². The standard InChI is InChI=1S/C15H19ClN2O2/c1-2-10-3-5-11(6-4-10)17-18-12-7-8-14(16)13(9-12)15(19)20/h5,7-10,17-18H,2-4,6H2,1H3,(H,19,20)/p-1/t10-/m1/s1.